The summed E-state index contributed by atoms with van der Waals surface area (Å²) in [7, 11) is 0. The number of hydrogen-bond donors (Lipinski definition) is 1. The highest BCUT2D eigenvalue weighted by Crippen LogP contribution is 2.31. The summed E-state index contributed by atoms with van der Waals surface area (Å²) in [6.07, 6.45) is 6.37. The number of hydrogen-bond acceptors (Lipinski definition) is 3. The summed E-state index contributed by atoms with van der Waals surface area (Å²) in [4.78, 5) is 12.1. The molecule has 0 saturated heterocycles. The molecular formula is C17H20ClN3O2. The Morgan fingerprint density at radius 1 is 1.39 bits per heavy atom. The van der Waals surface area contributed by atoms with Crippen LogP contribution in [0.5, 0.6) is 5.75 Å². The third-order valence-electron chi connectivity index (χ3n) is 4.05. The summed E-state index contributed by atoms with van der Waals surface area (Å²) in [5.74, 6) is 1.02. The molecule has 1 saturated carbocycles. The first-order valence-electron chi connectivity index (χ1n) is 7.86. The SMILES string of the molecule is Cc1ccc(Cl)c(OCC(=O)Nc2ccnn2C2CCCC2)c1. The molecular weight excluding hydrogens is 314 g/mol. The third kappa shape index (κ3) is 3.85. The van der Waals surface area contributed by atoms with Crippen molar-refractivity contribution < 1.29 is 9.53 Å². The standard InChI is InChI=1S/C17H20ClN3O2/c1-12-6-7-14(18)15(10-12)23-11-17(22)20-16-8-9-19-21(16)13-4-2-3-5-13/h6-10,13H,2-5,11H2,1H3,(H,20,22). The molecule has 6 heteroatoms. The number of amides is 1. The molecule has 1 aromatic carbocycles. The smallest absolute Gasteiger partial charge is 0.263 e. The van der Waals surface area contributed by atoms with E-state index in [0.717, 1.165) is 24.2 Å². The van der Waals surface area contributed by atoms with E-state index in [1.54, 1.807) is 12.3 Å². The lowest BCUT2D eigenvalue weighted by atomic mass is 10.2. The van der Waals surface area contributed by atoms with Gasteiger partial charge in [-0.3, -0.25) is 4.79 Å². The number of halogens is 1. The van der Waals surface area contributed by atoms with Crippen LogP contribution in [-0.4, -0.2) is 22.3 Å². The molecule has 23 heavy (non-hydrogen) atoms. The van der Waals surface area contributed by atoms with Crippen LogP contribution in [0.1, 0.15) is 37.3 Å². The zero-order valence-electron chi connectivity index (χ0n) is 13.1. The predicted molar refractivity (Wildman–Crippen MR) is 90.0 cm³/mol. The lowest BCUT2D eigenvalue weighted by molar-refractivity contribution is -0.118. The highest BCUT2D eigenvalue weighted by atomic mass is 35.5. The summed E-state index contributed by atoms with van der Waals surface area (Å²) >= 11 is 6.06. The number of nitrogens with zero attached hydrogens (tertiary/aromatic N) is 2. The van der Waals surface area contributed by atoms with Gasteiger partial charge < -0.3 is 10.1 Å². The summed E-state index contributed by atoms with van der Waals surface area (Å²) in [6, 6.07) is 7.68. The second kappa shape index (κ2) is 7.04. The molecule has 1 amide bonds. The number of aromatic nitrogens is 2. The van der Waals surface area contributed by atoms with E-state index in [1.807, 2.05) is 29.8 Å². The molecule has 1 aliphatic rings. The first-order valence-corrected chi connectivity index (χ1v) is 8.23. The van der Waals surface area contributed by atoms with Crippen LogP contribution in [0.2, 0.25) is 5.02 Å². The molecule has 0 spiro atoms. The van der Waals surface area contributed by atoms with Crippen molar-refractivity contribution in [1.82, 2.24) is 9.78 Å². The minimum Gasteiger partial charge on any atom is -0.482 e. The van der Waals surface area contributed by atoms with Crippen LogP contribution in [-0.2, 0) is 4.79 Å². The van der Waals surface area contributed by atoms with E-state index in [-0.39, 0.29) is 12.5 Å². The van der Waals surface area contributed by atoms with Gasteiger partial charge in [-0.25, -0.2) is 4.68 Å². The first kappa shape index (κ1) is 15.9. The van der Waals surface area contributed by atoms with Crippen molar-refractivity contribution in [2.45, 2.75) is 38.6 Å². The van der Waals surface area contributed by atoms with Crippen LogP contribution in [0.3, 0.4) is 0 Å². The zero-order chi connectivity index (χ0) is 16.2. The molecule has 3 rings (SSSR count). The van der Waals surface area contributed by atoms with E-state index < -0.39 is 0 Å². The van der Waals surface area contributed by atoms with Crippen LogP contribution >= 0.6 is 11.6 Å². The lowest BCUT2D eigenvalue weighted by Crippen LogP contribution is -2.23. The summed E-state index contributed by atoms with van der Waals surface area (Å²) in [5, 5.41) is 7.70. The van der Waals surface area contributed by atoms with Gasteiger partial charge in [0.1, 0.15) is 11.6 Å². The number of carbonyl (C=O) groups excluding carboxylic acids is 1. The van der Waals surface area contributed by atoms with Crippen molar-refractivity contribution in [2.75, 3.05) is 11.9 Å². The van der Waals surface area contributed by atoms with Gasteiger partial charge in [-0.15, -0.1) is 0 Å². The number of rotatable bonds is 5. The summed E-state index contributed by atoms with van der Waals surface area (Å²) in [5.41, 5.74) is 1.03. The van der Waals surface area contributed by atoms with E-state index in [9.17, 15) is 4.79 Å². The van der Waals surface area contributed by atoms with Crippen molar-refractivity contribution in [2.24, 2.45) is 0 Å². The molecule has 1 N–H and O–H groups in total. The highest BCUT2D eigenvalue weighted by Gasteiger charge is 2.20. The number of carbonyl (C=O) groups is 1. The molecule has 1 heterocycles. The van der Waals surface area contributed by atoms with Gasteiger partial charge in [0.05, 0.1) is 17.3 Å². The van der Waals surface area contributed by atoms with Crippen LogP contribution in [0.25, 0.3) is 0 Å². The Kier molecular flexibility index (Phi) is 4.86. The fourth-order valence-corrected chi connectivity index (χ4v) is 3.07. The van der Waals surface area contributed by atoms with Crippen molar-refractivity contribution in [3.8, 4) is 5.75 Å². The number of anilines is 1. The Hall–Kier alpha value is -2.01. The average Bonchev–Trinajstić information content (AvgIpc) is 3.19. The van der Waals surface area contributed by atoms with Crippen LogP contribution in [0.4, 0.5) is 5.82 Å². The van der Waals surface area contributed by atoms with E-state index in [0.29, 0.717) is 16.8 Å². The van der Waals surface area contributed by atoms with Gasteiger partial charge >= 0.3 is 0 Å². The van der Waals surface area contributed by atoms with Crippen molar-refractivity contribution >= 4 is 23.3 Å². The molecule has 0 bridgehead atoms. The lowest BCUT2D eigenvalue weighted by Gasteiger charge is -2.15. The Bertz CT molecular complexity index is 693. The summed E-state index contributed by atoms with van der Waals surface area (Å²) in [6.45, 7) is 1.86. The quantitative estimate of drug-likeness (QED) is 0.900. The maximum atomic E-state index is 12.1. The molecule has 1 aliphatic carbocycles. The number of benzene rings is 1. The minimum atomic E-state index is -0.220. The fraction of sp³-hybridized carbons (Fsp3) is 0.412. The Morgan fingerprint density at radius 3 is 2.96 bits per heavy atom. The molecule has 1 aromatic heterocycles. The topological polar surface area (TPSA) is 56.1 Å². The largest absolute Gasteiger partial charge is 0.482 e. The van der Waals surface area contributed by atoms with Gasteiger partial charge in [-0.1, -0.05) is 30.5 Å². The fourth-order valence-electron chi connectivity index (χ4n) is 2.90. The Labute approximate surface area is 140 Å². The Balaban J connectivity index is 1.59. The zero-order valence-corrected chi connectivity index (χ0v) is 13.8. The van der Waals surface area contributed by atoms with Gasteiger partial charge in [0.15, 0.2) is 6.61 Å². The maximum Gasteiger partial charge on any atom is 0.263 e. The molecule has 0 atom stereocenters. The second-order valence-electron chi connectivity index (χ2n) is 5.87. The van der Waals surface area contributed by atoms with E-state index in [2.05, 4.69) is 10.4 Å². The molecule has 0 unspecified atom stereocenters. The number of nitrogens with one attached hydrogen (secondary N) is 1. The summed E-state index contributed by atoms with van der Waals surface area (Å²) < 4.78 is 7.43. The predicted octanol–water partition coefficient (Wildman–Crippen LogP) is 3.98. The van der Waals surface area contributed by atoms with Gasteiger partial charge in [-0.2, -0.15) is 5.10 Å². The highest BCUT2D eigenvalue weighted by molar-refractivity contribution is 6.32. The van der Waals surface area contributed by atoms with Crippen LogP contribution < -0.4 is 10.1 Å². The van der Waals surface area contributed by atoms with Gasteiger partial charge in [0, 0.05) is 6.07 Å². The van der Waals surface area contributed by atoms with Crippen molar-refractivity contribution in [3.05, 3.63) is 41.0 Å². The monoisotopic (exact) mass is 333 g/mol. The van der Waals surface area contributed by atoms with E-state index in [4.69, 9.17) is 16.3 Å². The molecule has 0 radical (unpaired) electrons. The van der Waals surface area contributed by atoms with E-state index >= 15 is 0 Å². The molecule has 5 nitrogen and oxygen atoms in total. The van der Waals surface area contributed by atoms with Crippen molar-refractivity contribution in [3.63, 3.8) is 0 Å². The maximum absolute atomic E-state index is 12.1. The molecule has 2 aromatic rings. The Morgan fingerprint density at radius 2 is 2.17 bits per heavy atom. The third-order valence-corrected chi connectivity index (χ3v) is 4.37. The van der Waals surface area contributed by atoms with Gasteiger partial charge in [0.25, 0.3) is 5.91 Å². The molecule has 0 aliphatic heterocycles. The molecule has 122 valence electrons. The number of ether oxygens (including phenoxy) is 1. The van der Waals surface area contributed by atoms with Gasteiger partial charge in [0.2, 0.25) is 0 Å². The molecule has 1 fully saturated rings. The number of aryl methyl sites for hydroxylation is 1. The van der Waals surface area contributed by atoms with Gasteiger partial charge in [-0.05, 0) is 37.5 Å². The minimum absolute atomic E-state index is 0.0843. The second-order valence-corrected chi connectivity index (χ2v) is 6.28. The average molecular weight is 334 g/mol. The van der Waals surface area contributed by atoms with Crippen LogP contribution in [0.15, 0.2) is 30.5 Å². The van der Waals surface area contributed by atoms with Crippen molar-refractivity contribution in [1.29, 1.82) is 0 Å². The van der Waals surface area contributed by atoms with E-state index in [1.165, 1.54) is 12.8 Å². The first-order chi connectivity index (χ1) is 11.1. The van der Waals surface area contributed by atoms with Crippen LogP contribution in [0, 0.1) is 6.92 Å². The normalized spacial score (nSPS) is 14.9.